The van der Waals surface area contributed by atoms with E-state index in [-0.39, 0.29) is 5.92 Å². The molecule has 0 saturated carbocycles. The van der Waals surface area contributed by atoms with Gasteiger partial charge in [-0.2, -0.15) is 0 Å². The molecule has 3 heteroatoms. The number of carboxylic acid groups (broad SMARTS) is 1. The number of rotatable bonds is 2. The van der Waals surface area contributed by atoms with Crippen LogP contribution in [0.1, 0.15) is 39.5 Å². The fourth-order valence-corrected chi connectivity index (χ4v) is 2.63. The minimum atomic E-state index is -0.879. The average molecular weight is 239 g/mol. The van der Waals surface area contributed by atoms with Crippen LogP contribution in [0.2, 0.25) is 0 Å². The molecule has 0 amide bonds. The standard InChI is InChI=1S/C15H13NO2/c17-15(18)12-4-1-3-11(9-12)13-7-6-10-5-2-8-16-14(10)13/h1-5,8-9,13H,6-7H2,(H,17,18). The molecular weight excluding hydrogens is 226 g/mol. The number of hydrogen-bond acceptors (Lipinski definition) is 2. The van der Waals surface area contributed by atoms with Gasteiger partial charge < -0.3 is 5.11 Å². The van der Waals surface area contributed by atoms with Crippen molar-refractivity contribution in [1.29, 1.82) is 0 Å². The molecule has 18 heavy (non-hydrogen) atoms. The molecule has 2 aromatic rings. The quantitative estimate of drug-likeness (QED) is 0.876. The Morgan fingerprint density at radius 3 is 3.00 bits per heavy atom. The number of fused-ring (bicyclic) bond motifs is 1. The highest BCUT2D eigenvalue weighted by molar-refractivity contribution is 5.87. The third kappa shape index (κ3) is 1.78. The smallest absolute Gasteiger partial charge is 0.335 e. The van der Waals surface area contributed by atoms with Gasteiger partial charge in [0, 0.05) is 12.1 Å². The first-order valence-electron chi connectivity index (χ1n) is 6.03. The molecule has 1 aromatic carbocycles. The zero-order chi connectivity index (χ0) is 12.5. The van der Waals surface area contributed by atoms with Crippen molar-refractivity contribution in [2.24, 2.45) is 0 Å². The number of benzene rings is 1. The fourth-order valence-electron chi connectivity index (χ4n) is 2.63. The molecule has 1 N–H and O–H groups in total. The Kier molecular flexibility index (Phi) is 2.59. The second-order valence-corrected chi connectivity index (χ2v) is 4.57. The molecule has 0 spiro atoms. The van der Waals surface area contributed by atoms with E-state index in [1.165, 1.54) is 5.56 Å². The van der Waals surface area contributed by atoms with Crippen molar-refractivity contribution in [2.75, 3.05) is 0 Å². The maximum absolute atomic E-state index is 11.0. The predicted octanol–water partition coefficient (Wildman–Crippen LogP) is 2.86. The summed E-state index contributed by atoms with van der Waals surface area (Å²) in [7, 11) is 0. The van der Waals surface area contributed by atoms with Crippen molar-refractivity contribution >= 4 is 5.97 Å². The van der Waals surface area contributed by atoms with Gasteiger partial charge in [-0.25, -0.2) is 4.79 Å². The van der Waals surface area contributed by atoms with Gasteiger partial charge in [-0.05, 0) is 42.2 Å². The van der Waals surface area contributed by atoms with E-state index in [1.807, 2.05) is 12.1 Å². The molecule has 90 valence electrons. The Balaban J connectivity index is 2.02. The first-order chi connectivity index (χ1) is 8.75. The fraction of sp³-hybridized carbons (Fsp3) is 0.200. The van der Waals surface area contributed by atoms with Gasteiger partial charge in [0.1, 0.15) is 0 Å². The first-order valence-corrected chi connectivity index (χ1v) is 6.03. The topological polar surface area (TPSA) is 50.2 Å². The zero-order valence-corrected chi connectivity index (χ0v) is 9.84. The zero-order valence-electron chi connectivity index (χ0n) is 9.84. The van der Waals surface area contributed by atoms with E-state index in [9.17, 15) is 4.79 Å². The summed E-state index contributed by atoms with van der Waals surface area (Å²) in [5.41, 5.74) is 3.77. The summed E-state index contributed by atoms with van der Waals surface area (Å²) in [4.78, 5) is 15.4. The van der Waals surface area contributed by atoms with E-state index in [1.54, 1.807) is 24.4 Å². The Labute approximate surface area is 105 Å². The summed E-state index contributed by atoms with van der Waals surface area (Å²) in [5.74, 6) is -0.642. The first kappa shape index (κ1) is 11.0. The van der Waals surface area contributed by atoms with Gasteiger partial charge in [0.15, 0.2) is 0 Å². The Morgan fingerprint density at radius 1 is 1.28 bits per heavy atom. The highest BCUT2D eigenvalue weighted by atomic mass is 16.4. The van der Waals surface area contributed by atoms with E-state index in [2.05, 4.69) is 11.1 Å². The van der Waals surface area contributed by atoms with Gasteiger partial charge in [0.05, 0.1) is 11.3 Å². The SMILES string of the molecule is O=C(O)c1cccc(C2CCc3cccnc32)c1. The lowest BCUT2D eigenvalue weighted by Crippen LogP contribution is -2.02. The number of carboxylic acids is 1. The minimum absolute atomic E-state index is 0.237. The van der Waals surface area contributed by atoms with Crippen molar-refractivity contribution in [2.45, 2.75) is 18.8 Å². The molecule has 1 unspecified atom stereocenters. The van der Waals surface area contributed by atoms with Gasteiger partial charge >= 0.3 is 5.97 Å². The van der Waals surface area contributed by atoms with Crippen LogP contribution < -0.4 is 0 Å². The Hall–Kier alpha value is -2.16. The lowest BCUT2D eigenvalue weighted by molar-refractivity contribution is 0.0696. The van der Waals surface area contributed by atoms with Crippen LogP contribution in [-0.4, -0.2) is 16.1 Å². The van der Waals surface area contributed by atoms with Crippen molar-refractivity contribution in [3.63, 3.8) is 0 Å². The molecule has 0 fully saturated rings. The van der Waals surface area contributed by atoms with Crippen molar-refractivity contribution in [3.8, 4) is 0 Å². The van der Waals surface area contributed by atoms with Crippen LogP contribution in [0.3, 0.4) is 0 Å². The van der Waals surface area contributed by atoms with Crippen LogP contribution in [0.4, 0.5) is 0 Å². The highest BCUT2D eigenvalue weighted by Crippen LogP contribution is 2.36. The molecule has 0 saturated heterocycles. The Morgan fingerprint density at radius 2 is 2.17 bits per heavy atom. The van der Waals surface area contributed by atoms with E-state index in [0.29, 0.717) is 5.56 Å². The largest absolute Gasteiger partial charge is 0.478 e. The third-order valence-corrected chi connectivity index (χ3v) is 3.49. The van der Waals surface area contributed by atoms with Crippen LogP contribution in [0.15, 0.2) is 42.6 Å². The molecule has 1 aromatic heterocycles. The molecule has 1 atom stereocenters. The van der Waals surface area contributed by atoms with E-state index in [0.717, 1.165) is 24.1 Å². The average Bonchev–Trinajstić information content (AvgIpc) is 2.82. The monoisotopic (exact) mass is 239 g/mol. The Bertz CT molecular complexity index is 607. The number of pyridine rings is 1. The lowest BCUT2D eigenvalue weighted by Gasteiger charge is -2.11. The predicted molar refractivity (Wildman–Crippen MR) is 67.8 cm³/mol. The molecule has 3 nitrogen and oxygen atoms in total. The van der Waals surface area contributed by atoms with Crippen LogP contribution in [0.5, 0.6) is 0 Å². The van der Waals surface area contributed by atoms with Crippen LogP contribution in [-0.2, 0) is 6.42 Å². The van der Waals surface area contributed by atoms with Crippen molar-refractivity contribution < 1.29 is 9.90 Å². The number of aromatic carboxylic acids is 1. The van der Waals surface area contributed by atoms with Crippen molar-refractivity contribution in [1.82, 2.24) is 4.98 Å². The number of hydrogen-bond donors (Lipinski definition) is 1. The van der Waals surface area contributed by atoms with Gasteiger partial charge in [-0.15, -0.1) is 0 Å². The van der Waals surface area contributed by atoms with Crippen molar-refractivity contribution in [3.05, 3.63) is 65.0 Å². The summed E-state index contributed by atoms with van der Waals surface area (Å²) in [6.45, 7) is 0. The van der Waals surface area contributed by atoms with Gasteiger partial charge in [-0.1, -0.05) is 18.2 Å². The molecule has 0 radical (unpaired) electrons. The third-order valence-electron chi connectivity index (χ3n) is 3.49. The van der Waals surface area contributed by atoms with E-state index < -0.39 is 5.97 Å². The molecule has 3 rings (SSSR count). The van der Waals surface area contributed by atoms with Crippen LogP contribution in [0.25, 0.3) is 0 Å². The molecule has 0 bridgehead atoms. The summed E-state index contributed by atoms with van der Waals surface area (Å²) in [6, 6.07) is 11.2. The number of carbonyl (C=O) groups is 1. The number of aromatic nitrogens is 1. The summed E-state index contributed by atoms with van der Waals surface area (Å²) in [5, 5.41) is 9.03. The molecule has 1 heterocycles. The highest BCUT2D eigenvalue weighted by Gasteiger charge is 2.25. The molecular formula is C15H13NO2. The maximum Gasteiger partial charge on any atom is 0.335 e. The maximum atomic E-state index is 11.0. The summed E-state index contributed by atoms with van der Waals surface area (Å²) >= 11 is 0. The number of aryl methyl sites for hydroxylation is 1. The number of nitrogens with zero attached hydrogens (tertiary/aromatic N) is 1. The van der Waals surface area contributed by atoms with E-state index >= 15 is 0 Å². The summed E-state index contributed by atoms with van der Waals surface area (Å²) < 4.78 is 0. The second-order valence-electron chi connectivity index (χ2n) is 4.57. The van der Waals surface area contributed by atoms with Gasteiger partial charge in [-0.3, -0.25) is 4.98 Å². The van der Waals surface area contributed by atoms with Crippen LogP contribution in [0, 0.1) is 0 Å². The van der Waals surface area contributed by atoms with Crippen LogP contribution >= 0.6 is 0 Å². The van der Waals surface area contributed by atoms with E-state index in [4.69, 9.17) is 5.11 Å². The molecule has 0 aliphatic heterocycles. The molecule has 1 aliphatic carbocycles. The minimum Gasteiger partial charge on any atom is -0.478 e. The van der Waals surface area contributed by atoms with Gasteiger partial charge in [0.2, 0.25) is 0 Å². The van der Waals surface area contributed by atoms with Gasteiger partial charge in [0.25, 0.3) is 0 Å². The summed E-state index contributed by atoms with van der Waals surface area (Å²) in [6.07, 6.45) is 3.83. The molecule has 1 aliphatic rings. The lowest BCUT2D eigenvalue weighted by atomic mass is 9.95. The normalized spacial score (nSPS) is 17.4. The second kappa shape index (κ2) is 4.26.